The lowest BCUT2D eigenvalue weighted by Crippen LogP contribution is -2.45. The molecule has 3 atom stereocenters. The van der Waals surface area contributed by atoms with E-state index in [0.717, 1.165) is 24.3 Å². The number of carbonyl (C=O) groups excluding carboxylic acids is 2. The van der Waals surface area contributed by atoms with Crippen molar-refractivity contribution in [3.63, 3.8) is 0 Å². The van der Waals surface area contributed by atoms with Crippen molar-refractivity contribution in [2.24, 2.45) is 5.92 Å². The number of benzene rings is 2. The van der Waals surface area contributed by atoms with Crippen molar-refractivity contribution in [1.82, 2.24) is 9.88 Å². The van der Waals surface area contributed by atoms with Gasteiger partial charge in [-0.05, 0) is 54.2 Å². The first-order valence-corrected chi connectivity index (χ1v) is 13.7. The van der Waals surface area contributed by atoms with E-state index in [4.69, 9.17) is 16.3 Å². The molecule has 39 heavy (non-hydrogen) atoms. The predicted octanol–water partition coefficient (Wildman–Crippen LogP) is 6.46. The lowest BCUT2D eigenvalue weighted by molar-refractivity contribution is -0.119. The van der Waals surface area contributed by atoms with Gasteiger partial charge in [0.05, 0.1) is 16.8 Å². The van der Waals surface area contributed by atoms with E-state index >= 15 is 0 Å². The van der Waals surface area contributed by atoms with Crippen LogP contribution in [-0.4, -0.2) is 47.6 Å². The number of halogens is 2. The fourth-order valence-corrected chi connectivity index (χ4v) is 5.28. The molecule has 9 heteroatoms. The van der Waals surface area contributed by atoms with Crippen molar-refractivity contribution in [1.29, 1.82) is 0 Å². The summed E-state index contributed by atoms with van der Waals surface area (Å²) in [5.41, 5.74) is 2.22. The van der Waals surface area contributed by atoms with Crippen LogP contribution in [0.4, 0.5) is 20.7 Å². The van der Waals surface area contributed by atoms with Crippen LogP contribution in [0.25, 0.3) is 0 Å². The lowest BCUT2D eigenvalue weighted by Gasteiger charge is -2.24. The van der Waals surface area contributed by atoms with Gasteiger partial charge in [-0.2, -0.15) is 0 Å². The molecule has 2 fully saturated rings. The fourth-order valence-electron chi connectivity index (χ4n) is 5.16. The second kappa shape index (κ2) is 12.1. The Hall–Kier alpha value is -3.49. The summed E-state index contributed by atoms with van der Waals surface area (Å²) in [5, 5.41) is 5.89. The van der Waals surface area contributed by atoms with E-state index in [-0.39, 0.29) is 24.3 Å². The fraction of sp³-hybridized carbons (Fsp3) is 0.367. The van der Waals surface area contributed by atoms with Gasteiger partial charge in [-0.3, -0.25) is 10.1 Å². The molecule has 1 aromatic heterocycles. The highest BCUT2D eigenvalue weighted by atomic mass is 35.5. The zero-order valence-electron chi connectivity index (χ0n) is 21.8. The molecule has 5 rings (SSSR count). The number of carbonyl (C=O) groups is 2. The molecule has 2 heterocycles. The third-order valence-corrected chi connectivity index (χ3v) is 7.76. The Labute approximate surface area is 232 Å². The number of hydrogen-bond donors (Lipinski definition) is 2. The van der Waals surface area contributed by atoms with Gasteiger partial charge in [-0.25, -0.2) is 14.2 Å². The average molecular weight is 551 g/mol. The van der Waals surface area contributed by atoms with Gasteiger partial charge in [-0.15, -0.1) is 0 Å². The summed E-state index contributed by atoms with van der Waals surface area (Å²) < 4.78 is 20.4. The number of pyridine rings is 1. The molecular weight excluding hydrogens is 519 g/mol. The molecule has 3 aromatic rings. The Kier molecular flexibility index (Phi) is 8.43. The van der Waals surface area contributed by atoms with Crippen LogP contribution in [0.15, 0.2) is 66.9 Å². The summed E-state index contributed by atoms with van der Waals surface area (Å²) >= 11 is 5.88. The SMILES string of the molecule is CO[C@@H]1C[C@H](C(=O)Nc2cc(C(CCC3CC3)c3ccccc3)ccc2F)N(C(=O)Nc2ccc(Cl)cn2)C1. The van der Waals surface area contributed by atoms with Crippen molar-refractivity contribution >= 4 is 35.0 Å². The molecule has 0 bridgehead atoms. The van der Waals surface area contributed by atoms with Crippen LogP contribution < -0.4 is 10.6 Å². The van der Waals surface area contributed by atoms with Crippen LogP contribution in [0.3, 0.4) is 0 Å². The van der Waals surface area contributed by atoms with Crippen LogP contribution in [0, 0.1) is 11.7 Å². The monoisotopic (exact) mass is 550 g/mol. The van der Waals surface area contributed by atoms with Crippen LogP contribution in [-0.2, 0) is 9.53 Å². The summed E-state index contributed by atoms with van der Waals surface area (Å²) in [5.74, 6) is 0.179. The van der Waals surface area contributed by atoms with Crippen molar-refractivity contribution in [2.75, 3.05) is 24.3 Å². The summed E-state index contributed by atoms with van der Waals surface area (Å²) in [7, 11) is 1.54. The maximum atomic E-state index is 15.0. The Bertz CT molecular complexity index is 1300. The largest absolute Gasteiger partial charge is 0.380 e. The van der Waals surface area contributed by atoms with E-state index in [0.29, 0.717) is 17.3 Å². The highest BCUT2D eigenvalue weighted by Gasteiger charge is 2.40. The van der Waals surface area contributed by atoms with Crippen LogP contribution in [0.5, 0.6) is 0 Å². The first-order valence-electron chi connectivity index (χ1n) is 13.3. The lowest BCUT2D eigenvalue weighted by atomic mass is 9.86. The third kappa shape index (κ3) is 6.75. The molecule has 2 N–H and O–H groups in total. The molecule has 3 amide bonds. The number of urea groups is 1. The van der Waals surface area contributed by atoms with Crippen molar-refractivity contribution < 1.29 is 18.7 Å². The highest BCUT2D eigenvalue weighted by molar-refractivity contribution is 6.30. The van der Waals surface area contributed by atoms with E-state index in [1.165, 1.54) is 42.7 Å². The number of aromatic nitrogens is 1. The molecule has 1 saturated carbocycles. The zero-order chi connectivity index (χ0) is 27.4. The Balaban J connectivity index is 1.34. The molecule has 1 unspecified atom stereocenters. The van der Waals surface area contributed by atoms with Gasteiger partial charge in [0.15, 0.2) is 0 Å². The Morgan fingerprint density at radius 1 is 1.10 bits per heavy atom. The molecule has 2 aliphatic rings. The van der Waals surface area contributed by atoms with E-state index in [1.54, 1.807) is 24.3 Å². The summed E-state index contributed by atoms with van der Waals surface area (Å²) in [6.07, 6.45) is 6.00. The number of nitrogens with zero attached hydrogens (tertiary/aromatic N) is 2. The minimum absolute atomic E-state index is 0.0987. The van der Waals surface area contributed by atoms with Gasteiger partial charge in [0.2, 0.25) is 5.91 Å². The predicted molar refractivity (Wildman–Crippen MR) is 149 cm³/mol. The highest BCUT2D eigenvalue weighted by Crippen LogP contribution is 2.39. The second-order valence-electron chi connectivity index (χ2n) is 10.3. The summed E-state index contributed by atoms with van der Waals surface area (Å²) in [6, 6.07) is 17.0. The first kappa shape index (κ1) is 27.1. The maximum absolute atomic E-state index is 15.0. The van der Waals surface area contributed by atoms with Gasteiger partial charge < -0.3 is 15.0 Å². The normalized spacial score (nSPS) is 19.5. The maximum Gasteiger partial charge on any atom is 0.323 e. The van der Waals surface area contributed by atoms with E-state index in [1.807, 2.05) is 18.2 Å². The van der Waals surface area contributed by atoms with Crippen molar-refractivity contribution in [2.45, 2.75) is 50.2 Å². The number of hydrogen-bond acceptors (Lipinski definition) is 4. The molecule has 2 aromatic carbocycles. The molecule has 7 nitrogen and oxygen atoms in total. The Morgan fingerprint density at radius 2 is 1.90 bits per heavy atom. The number of ether oxygens (including phenoxy) is 1. The molecule has 0 radical (unpaired) electrons. The standard InChI is InChI=1S/C30H32ClFN4O3/c1-39-23-16-27(36(18-23)30(38)35-28-14-11-22(31)17-33-28)29(37)34-26-15-21(10-13-25(26)32)24(12-9-19-7-8-19)20-5-3-2-4-6-20/h2-6,10-11,13-15,17,19,23-24,27H,7-9,12,16,18H2,1H3,(H,34,37)(H,33,35,38)/t23-,24?,27-/m1/s1. The second-order valence-corrected chi connectivity index (χ2v) is 10.7. The number of nitrogens with one attached hydrogen (secondary N) is 2. The molecule has 1 saturated heterocycles. The van der Waals surface area contributed by atoms with Crippen LogP contribution in [0.1, 0.15) is 49.1 Å². The minimum Gasteiger partial charge on any atom is -0.380 e. The van der Waals surface area contributed by atoms with Crippen LogP contribution >= 0.6 is 11.6 Å². The first-order chi connectivity index (χ1) is 18.9. The van der Waals surface area contributed by atoms with Gasteiger partial charge in [0, 0.05) is 32.2 Å². The minimum atomic E-state index is -0.843. The van der Waals surface area contributed by atoms with Gasteiger partial charge >= 0.3 is 6.03 Å². The molecule has 0 spiro atoms. The van der Waals surface area contributed by atoms with Crippen LogP contribution in [0.2, 0.25) is 5.02 Å². The van der Waals surface area contributed by atoms with Crippen molar-refractivity contribution in [3.8, 4) is 0 Å². The smallest absolute Gasteiger partial charge is 0.323 e. The topological polar surface area (TPSA) is 83.6 Å². The molecular formula is C30H32ClFN4O3. The third-order valence-electron chi connectivity index (χ3n) is 7.54. The molecule has 1 aliphatic heterocycles. The summed E-state index contributed by atoms with van der Waals surface area (Å²) in [6.45, 7) is 0.216. The number of anilines is 2. The number of likely N-dealkylation sites (tertiary alicyclic amines) is 1. The van der Waals surface area contributed by atoms with Gasteiger partial charge in [-0.1, -0.05) is 60.8 Å². The van der Waals surface area contributed by atoms with Gasteiger partial charge in [0.1, 0.15) is 17.7 Å². The number of methoxy groups -OCH3 is 1. The van der Waals surface area contributed by atoms with Gasteiger partial charge in [0.25, 0.3) is 0 Å². The van der Waals surface area contributed by atoms with E-state index in [9.17, 15) is 14.0 Å². The van der Waals surface area contributed by atoms with Crippen molar-refractivity contribution in [3.05, 3.63) is 88.8 Å². The Morgan fingerprint density at radius 3 is 2.59 bits per heavy atom. The zero-order valence-corrected chi connectivity index (χ0v) is 22.5. The summed E-state index contributed by atoms with van der Waals surface area (Å²) in [4.78, 5) is 32.0. The quantitative estimate of drug-likeness (QED) is 0.320. The molecule has 204 valence electrons. The number of rotatable bonds is 9. The molecule has 1 aliphatic carbocycles. The average Bonchev–Trinajstić information content (AvgIpc) is 3.67. The number of amides is 3. The van der Waals surface area contributed by atoms with E-state index in [2.05, 4.69) is 27.8 Å². The van der Waals surface area contributed by atoms with E-state index < -0.39 is 23.8 Å².